The van der Waals surface area contributed by atoms with Crippen LogP contribution in [0.4, 0.5) is 17.1 Å². The van der Waals surface area contributed by atoms with Gasteiger partial charge in [-0.1, -0.05) is 92.6 Å². The number of fused-ring (bicyclic) bond motifs is 4. The summed E-state index contributed by atoms with van der Waals surface area (Å²) in [5, 5.41) is 7.27. The minimum absolute atomic E-state index is 0. The van der Waals surface area contributed by atoms with E-state index in [0.717, 1.165) is 56.0 Å². The smallest absolute Gasteiger partial charge is 0.0575 e. The van der Waals surface area contributed by atoms with Crippen molar-refractivity contribution in [1.29, 1.82) is 0 Å². The monoisotopic (exact) mass is 765 g/mol. The number of hydrogen-bond donors (Lipinski definition) is 0. The van der Waals surface area contributed by atoms with E-state index in [1.807, 2.05) is 6.20 Å². The average molecular weight is 766 g/mol. The van der Waals surface area contributed by atoms with Crippen LogP contribution >= 0.6 is 0 Å². The molecular formula is C39H32N5Pt-3. The third-order valence-electron chi connectivity index (χ3n) is 8.44. The van der Waals surface area contributed by atoms with Gasteiger partial charge in [-0.3, -0.25) is 4.68 Å². The number of anilines is 3. The maximum Gasteiger partial charge on any atom is 0.0575 e. The molecule has 2 aromatic heterocycles. The van der Waals surface area contributed by atoms with Crippen molar-refractivity contribution >= 4 is 38.9 Å². The topological polar surface area (TPSA) is 29.2 Å². The van der Waals surface area contributed by atoms with Gasteiger partial charge in [0.05, 0.1) is 11.9 Å². The quantitative estimate of drug-likeness (QED) is 0.168. The van der Waals surface area contributed by atoms with Gasteiger partial charge in [-0.2, -0.15) is 23.9 Å². The predicted octanol–water partition coefficient (Wildman–Crippen LogP) is 9.24. The van der Waals surface area contributed by atoms with Crippen LogP contribution in [0.15, 0.2) is 115 Å². The Kier molecular flexibility index (Phi) is 7.17. The molecule has 0 unspecified atom stereocenters. The second kappa shape index (κ2) is 11.1. The van der Waals surface area contributed by atoms with E-state index in [1.165, 1.54) is 11.1 Å². The molecule has 0 saturated carbocycles. The summed E-state index contributed by atoms with van der Waals surface area (Å²) < 4.78 is 4.34. The van der Waals surface area contributed by atoms with Gasteiger partial charge in [-0.05, 0) is 41.9 Å². The van der Waals surface area contributed by atoms with E-state index in [9.17, 15) is 0 Å². The SMILES string of the molecule is CN1[CH-]N(c2[c-]c(-n3c4[c-]c(-n5ncc(-c6ccccc6)c5C(C)(C)C)ccc4c4ccccc43)ccc2)c2ccccc21.[Pt]. The third-order valence-corrected chi connectivity index (χ3v) is 8.44. The zero-order valence-corrected chi connectivity index (χ0v) is 27.9. The van der Waals surface area contributed by atoms with Crippen molar-refractivity contribution < 1.29 is 21.1 Å². The number of rotatable bonds is 4. The summed E-state index contributed by atoms with van der Waals surface area (Å²) in [6, 6.07) is 45.8. The molecule has 0 amide bonds. The van der Waals surface area contributed by atoms with Gasteiger partial charge < -0.3 is 14.4 Å². The van der Waals surface area contributed by atoms with Gasteiger partial charge >= 0.3 is 0 Å². The number of benzene rings is 5. The Bertz CT molecular complexity index is 2170. The Hall–Kier alpha value is -4.60. The molecule has 5 nitrogen and oxygen atoms in total. The van der Waals surface area contributed by atoms with Crippen molar-refractivity contribution in [3.8, 4) is 22.5 Å². The first-order chi connectivity index (χ1) is 21.4. The summed E-state index contributed by atoms with van der Waals surface area (Å²) in [6.07, 6.45) is 1.99. The predicted molar refractivity (Wildman–Crippen MR) is 181 cm³/mol. The van der Waals surface area contributed by atoms with Crippen LogP contribution in [-0.4, -0.2) is 21.4 Å². The largest absolute Gasteiger partial charge is 0.504 e. The van der Waals surface area contributed by atoms with Gasteiger partial charge in [0, 0.05) is 48.9 Å². The first kappa shape index (κ1) is 29.1. The molecule has 8 rings (SSSR count). The van der Waals surface area contributed by atoms with Crippen LogP contribution in [0.3, 0.4) is 0 Å². The first-order valence-electron chi connectivity index (χ1n) is 15.0. The van der Waals surface area contributed by atoms with Crippen LogP contribution in [0.2, 0.25) is 0 Å². The van der Waals surface area contributed by atoms with Crippen molar-refractivity contribution in [3.05, 3.63) is 140 Å². The van der Waals surface area contributed by atoms with E-state index >= 15 is 0 Å². The molecule has 3 heterocycles. The van der Waals surface area contributed by atoms with Gasteiger partial charge in [0.15, 0.2) is 0 Å². The van der Waals surface area contributed by atoms with Crippen LogP contribution < -0.4 is 9.80 Å². The molecule has 0 atom stereocenters. The minimum Gasteiger partial charge on any atom is -0.504 e. The molecule has 1 aliphatic rings. The summed E-state index contributed by atoms with van der Waals surface area (Å²) in [5.74, 6) is 0. The number of aromatic nitrogens is 3. The van der Waals surface area contributed by atoms with Crippen molar-refractivity contribution in [1.82, 2.24) is 14.3 Å². The Labute approximate surface area is 278 Å². The van der Waals surface area contributed by atoms with Crippen LogP contribution in [0.5, 0.6) is 0 Å². The van der Waals surface area contributed by atoms with Gasteiger partial charge in [-0.15, -0.1) is 41.4 Å². The molecule has 226 valence electrons. The average Bonchev–Trinajstić information content (AvgIpc) is 3.74. The molecule has 45 heavy (non-hydrogen) atoms. The van der Waals surface area contributed by atoms with Crippen molar-refractivity contribution in [2.24, 2.45) is 0 Å². The third kappa shape index (κ3) is 4.78. The Morgan fingerprint density at radius 3 is 2.18 bits per heavy atom. The van der Waals surface area contributed by atoms with Crippen molar-refractivity contribution in [2.45, 2.75) is 26.2 Å². The van der Waals surface area contributed by atoms with Crippen molar-refractivity contribution in [3.63, 3.8) is 0 Å². The second-order valence-electron chi connectivity index (χ2n) is 12.4. The summed E-state index contributed by atoms with van der Waals surface area (Å²) in [5.41, 5.74) is 10.6. The molecule has 6 heteroatoms. The molecule has 5 aromatic carbocycles. The minimum atomic E-state index is -0.144. The van der Waals surface area contributed by atoms with E-state index in [2.05, 4.69) is 175 Å². The van der Waals surface area contributed by atoms with Gasteiger partial charge in [0.25, 0.3) is 0 Å². The molecule has 0 saturated heterocycles. The standard InChI is InChI=1S/C39H32N5.Pt/c1-39(2,3)38-33(27-13-6-5-7-14-27)25-40-44(38)30-21-22-32-31-17-8-9-18-34(31)43(37(32)24-30)29-16-12-15-28(23-29)42-26-41(4)35-19-10-11-20-36(35)42;/h5-22,25-26H,1-4H3;/q-3;. The van der Waals surface area contributed by atoms with E-state index in [0.29, 0.717) is 0 Å². The molecule has 7 aromatic rings. The van der Waals surface area contributed by atoms with E-state index in [1.54, 1.807) is 0 Å². The molecule has 0 N–H and O–H groups in total. The Morgan fingerprint density at radius 2 is 1.38 bits per heavy atom. The number of para-hydroxylation sites is 3. The summed E-state index contributed by atoms with van der Waals surface area (Å²) in [6.45, 7) is 8.85. The fourth-order valence-electron chi connectivity index (χ4n) is 6.51. The maximum atomic E-state index is 4.94. The fourth-order valence-corrected chi connectivity index (χ4v) is 6.51. The molecule has 0 fully saturated rings. The van der Waals surface area contributed by atoms with Crippen LogP contribution in [0, 0.1) is 18.8 Å². The molecule has 0 spiro atoms. The molecule has 0 bridgehead atoms. The zero-order chi connectivity index (χ0) is 30.0. The Balaban J connectivity index is 0.00000325. The van der Waals surface area contributed by atoms with E-state index in [-0.39, 0.29) is 26.5 Å². The molecule has 0 aliphatic carbocycles. The normalized spacial score (nSPS) is 13.0. The number of hydrogen-bond acceptors (Lipinski definition) is 3. The summed E-state index contributed by atoms with van der Waals surface area (Å²) in [7, 11) is 2.08. The first-order valence-corrected chi connectivity index (χ1v) is 15.0. The van der Waals surface area contributed by atoms with Crippen LogP contribution in [0.25, 0.3) is 44.3 Å². The van der Waals surface area contributed by atoms with Crippen LogP contribution in [0.1, 0.15) is 26.5 Å². The van der Waals surface area contributed by atoms with Gasteiger partial charge in [-0.25, -0.2) is 0 Å². The maximum absolute atomic E-state index is 4.94. The van der Waals surface area contributed by atoms with Crippen molar-refractivity contribution in [2.75, 3.05) is 16.8 Å². The van der Waals surface area contributed by atoms with E-state index in [4.69, 9.17) is 5.10 Å². The number of nitrogens with zero attached hydrogens (tertiary/aromatic N) is 5. The van der Waals surface area contributed by atoms with Gasteiger partial charge in [0.1, 0.15) is 0 Å². The molecule has 0 radical (unpaired) electrons. The van der Waals surface area contributed by atoms with E-state index < -0.39 is 0 Å². The van der Waals surface area contributed by atoms with Gasteiger partial charge in [0.2, 0.25) is 0 Å². The molecule has 1 aliphatic heterocycles. The summed E-state index contributed by atoms with van der Waals surface area (Å²) in [4.78, 5) is 4.35. The zero-order valence-electron chi connectivity index (χ0n) is 25.6. The second-order valence-corrected chi connectivity index (χ2v) is 12.4. The molecular weight excluding hydrogens is 734 g/mol. The summed E-state index contributed by atoms with van der Waals surface area (Å²) >= 11 is 0. The fraction of sp³-hybridized carbons (Fsp3) is 0.128. The van der Waals surface area contributed by atoms with Crippen LogP contribution in [-0.2, 0) is 26.5 Å². The Morgan fingerprint density at radius 1 is 0.667 bits per heavy atom.